The molecule has 1 aliphatic rings. The molecule has 4 heteroatoms. The smallest absolute Gasteiger partial charge is 0.141 e. The summed E-state index contributed by atoms with van der Waals surface area (Å²) in [6.45, 7) is 1.32. The molecule has 2 nitrogen and oxygen atoms in total. The molecule has 0 bridgehead atoms. The number of nitrogens with two attached hydrogens (primary N) is 1. The van der Waals surface area contributed by atoms with Crippen LogP contribution in [0.5, 0.6) is 0 Å². The fourth-order valence-corrected chi connectivity index (χ4v) is 2.33. The Morgan fingerprint density at radius 1 is 1.50 bits per heavy atom. The summed E-state index contributed by atoms with van der Waals surface area (Å²) < 4.78 is 18.7. The SMILES string of the molecule is NCC1CCCOC1c1ccc(F)c(Cl)c1. The Kier molecular flexibility index (Phi) is 3.79. The molecule has 2 unspecified atom stereocenters. The molecule has 1 aromatic rings. The lowest BCUT2D eigenvalue weighted by atomic mass is 9.89. The summed E-state index contributed by atoms with van der Waals surface area (Å²) >= 11 is 5.76. The first kappa shape index (κ1) is 11.8. The van der Waals surface area contributed by atoms with Crippen LogP contribution in [0.4, 0.5) is 4.39 Å². The van der Waals surface area contributed by atoms with Crippen molar-refractivity contribution in [1.82, 2.24) is 0 Å². The molecule has 0 aliphatic carbocycles. The van der Waals surface area contributed by atoms with Crippen molar-refractivity contribution in [3.05, 3.63) is 34.6 Å². The Bertz CT molecular complexity index is 372. The van der Waals surface area contributed by atoms with E-state index in [2.05, 4.69) is 0 Å². The molecule has 0 radical (unpaired) electrons. The van der Waals surface area contributed by atoms with E-state index in [-0.39, 0.29) is 11.1 Å². The van der Waals surface area contributed by atoms with Crippen LogP contribution in [0.1, 0.15) is 24.5 Å². The normalized spacial score (nSPS) is 25.7. The van der Waals surface area contributed by atoms with Gasteiger partial charge in [0.15, 0.2) is 0 Å². The van der Waals surface area contributed by atoms with Gasteiger partial charge in [-0.3, -0.25) is 0 Å². The Morgan fingerprint density at radius 3 is 3.00 bits per heavy atom. The van der Waals surface area contributed by atoms with Crippen molar-refractivity contribution in [1.29, 1.82) is 0 Å². The minimum absolute atomic E-state index is 0.0446. The molecule has 88 valence electrons. The van der Waals surface area contributed by atoms with Crippen molar-refractivity contribution < 1.29 is 9.13 Å². The predicted molar refractivity (Wildman–Crippen MR) is 61.9 cm³/mol. The van der Waals surface area contributed by atoms with E-state index in [1.165, 1.54) is 6.07 Å². The third kappa shape index (κ3) is 2.37. The fraction of sp³-hybridized carbons (Fsp3) is 0.500. The molecule has 2 rings (SSSR count). The van der Waals surface area contributed by atoms with Crippen LogP contribution in [0.2, 0.25) is 5.02 Å². The lowest BCUT2D eigenvalue weighted by molar-refractivity contribution is -0.0251. The van der Waals surface area contributed by atoms with Gasteiger partial charge in [-0.15, -0.1) is 0 Å². The van der Waals surface area contributed by atoms with E-state index in [1.54, 1.807) is 12.1 Å². The Labute approximate surface area is 99.5 Å². The highest BCUT2D eigenvalue weighted by Crippen LogP contribution is 2.34. The van der Waals surface area contributed by atoms with Crippen molar-refractivity contribution in [2.45, 2.75) is 18.9 Å². The average molecular weight is 244 g/mol. The van der Waals surface area contributed by atoms with Crippen molar-refractivity contribution >= 4 is 11.6 Å². The molecule has 0 aromatic heterocycles. The molecule has 0 amide bonds. The second-order valence-corrected chi connectivity index (χ2v) is 4.51. The molecule has 0 saturated carbocycles. The van der Waals surface area contributed by atoms with E-state index < -0.39 is 5.82 Å². The lowest BCUT2D eigenvalue weighted by Crippen LogP contribution is -2.28. The second kappa shape index (κ2) is 5.13. The van der Waals surface area contributed by atoms with Crippen molar-refractivity contribution in [2.75, 3.05) is 13.2 Å². The van der Waals surface area contributed by atoms with Gasteiger partial charge in [0.1, 0.15) is 5.82 Å². The monoisotopic (exact) mass is 243 g/mol. The van der Waals surface area contributed by atoms with Crippen molar-refractivity contribution in [3.63, 3.8) is 0 Å². The number of halogens is 2. The van der Waals surface area contributed by atoms with Crippen molar-refractivity contribution in [3.8, 4) is 0 Å². The zero-order chi connectivity index (χ0) is 11.5. The van der Waals surface area contributed by atoms with Gasteiger partial charge in [0.2, 0.25) is 0 Å². The van der Waals surface area contributed by atoms with Crippen LogP contribution in [0.25, 0.3) is 0 Å². The van der Waals surface area contributed by atoms with Gasteiger partial charge in [-0.05, 0) is 37.1 Å². The Balaban J connectivity index is 2.23. The van der Waals surface area contributed by atoms with Gasteiger partial charge in [0.25, 0.3) is 0 Å². The molecule has 1 saturated heterocycles. The number of rotatable bonds is 2. The molecule has 1 heterocycles. The standard InChI is InChI=1S/C12H15ClFNO/c13-10-6-8(3-4-11(10)14)12-9(7-15)2-1-5-16-12/h3-4,6,9,12H,1-2,5,7,15H2. The molecular formula is C12H15ClFNO. The maximum absolute atomic E-state index is 13.0. The highest BCUT2D eigenvalue weighted by Gasteiger charge is 2.26. The van der Waals surface area contributed by atoms with Crippen molar-refractivity contribution in [2.24, 2.45) is 11.7 Å². The third-order valence-corrected chi connectivity index (χ3v) is 3.31. The molecule has 0 spiro atoms. The predicted octanol–water partition coefficient (Wildman–Crippen LogP) is 2.91. The summed E-state index contributed by atoms with van der Waals surface area (Å²) in [6, 6.07) is 4.73. The van der Waals surface area contributed by atoms with Gasteiger partial charge in [-0.1, -0.05) is 17.7 Å². The minimum Gasteiger partial charge on any atom is -0.373 e. The number of benzene rings is 1. The molecule has 1 aromatic carbocycles. The third-order valence-electron chi connectivity index (χ3n) is 3.02. The van der Waals surface area contributed by atoms with Gasteiger partial charge in [0.05, 0.1) is 11.1 Å². The van der Waals surface area contributed by atoms with Gasteiger partial charge in [0, 0.05) is 12.5 Å². The summed E-state index contributed by atoms with van der Waals surface area (Å²) in [6.07, 6.45) is 2.04. The summed E-state index contributed by atoms with van der Waals surface area (Å²) in [5.41, 5.74) is 6.63. The summed E-state index contributed by atoms with van der Waals surface area (Å²) in [7, 11) is 0. The summed E-state index contributed by atoms with van der Waals surface area (Å²) in [4.78, 5) is 0. The van der Waals surface area contributed by atoms with E-state index in [0.29, 0.717) is 12.5 Å². The van der Waals surface area contributed by atoms with Gasteiger partial charge in [-0.25, -0.2) is 4.39 Å². The fourth-order valence-electron chi connectivity index (χ4n) is 2.14. The lowest BCUT2D eigenvalue weighted by Gasteiger charge is -2.31. The zero-order valence-electron chi connectivity index (χ0n) is 8.96. The van der Waals surface area contributed by atoms with Crippen LogP contribution in [0.15, 0.2) is 18.2 Å². The second-order valence-electron chi connectivity index (χ2n) is 4.10. The molecular weight excluding hydrogens is 229 g/mol. The Hall–Kier alpha value is -0.640. The van der Waals surface area contributed by atoms with Crippen LogP contribution in [0, 0.1) is 11.7 Å². The summed E-state index contributed by atoms with van der Waals surface area (Å²) in [5, 5.41) is 0.141. The average Bonchev–Trinajstić information content (AvgIpc) is 2.32. The number of hydrogen-bond donors (Lipinski definition) is 1. The van der Waals surface area contributed by atoms with Crippen LogP contribution in [-0.2, 0) is 4.74 Å². The van der Waals surface area contributed by atoms with Crippen LogP contribution >= 0.6 is 11.6 Å². The van der Waals surface area contributed by atoms with Crippen LogP contribution in [-0.4, -0.2) is 13.2 Å². The maximum Gasteiger partial charge on any atom is 0.141 e. The van der Waals surface area contributed by atoms with E-state index in [0.717, 1.165) is 25.0 Å². The molecule has 1 fully saturated rings. The van der Waals surface area contributed by atoms with Gasteiger partial charge in [-0.2, -0.15) is 0 Å². The molecule has 1 aliphatic heterocycles. The van der Waals surface area contributed by atoms with E-state index in [9.17, 15) is 4.39 Å². The zero-order valence-corrected chi connectivity index (χ0v) is 9.71. The van der Waals surface area contributed by atoms with Gasteiger partial charge < -0.3 is 10.5 Å². The molecule has 2 N–H and O–H groups in total. The number of hydrogen-bond acceptors (Lipinski definition) is 2. The number of ether oxygens (including phenoxy) is 1. The minimum atomic E-state index is -0.398. The first-order valence-electron chi connectivity index (χ1n) is 5.49. The van der Waals surface area contributed by atoms with E-state index >= 15 is 0 Å². The summed E-state index contributed by atoms with van der Waals surface area (Å²) in [5.74, 6) is -0.0965. The first-order chi connectivity index (χ1) is 7.72. The largest absolute Gasteiger partial charge is 0.373 e. The molecule has 16 heavy (non-hydrogen) atoms. The maximum atomic E-state index is 13.0. The first-order valence-corrected chi connectivity index (χ1v) is 5.87. The topological polar surface area (TPSA) is 35.2 Å². The quantitative estimate of drug-likeness (QED) is 0.867. The van der Waals surface area contributed by atoms with E-state index in [1.807, 2.05) is 0 Å². The van der Waals surface area contributed by atoms with Gasteiger partial charge >= 0.3 is 0 Å². The highest BCUT2D eigenvalue weighted by atomic mass is 35.5. The van der Waals surface area contributed by atoms with E-state index in [4.69, 9.17) is 22.1 Å². The van der Waals surface area contributed by atoms with Crippen LogP contribution < -0.4 is 5.73 Å². The Morgan fingerprint density at radius 2 is 2.31 bits per heavy atom. The highest BCUT2D eigenvalue weighted by molar-refractivity contribution is 6.30. The van der Waals surface area contributed by atoms with Crippen LogP contribution in [0.3, 0.4) is 0 Å². The molecule has 2 atom stereocenters.